The molecule has 3 heteroatoms. The van der Waals surface area contributed by atoms with Crippen LogP contribution < -0.4 is 0 Å². The van der Waals surface area contributed by atoms with Gasteiger partial charge in [0.1, 0.15) is 12.4 Å². The number of likely N-dealkylation sites (N-methyl/N-ethyl adjacent to an activating group) is 1. The molecule has 2 aliphatic heterocycles. The summed E-state index contributed by atoms with van der Waals surface area (Å²) in [5.41, 5.74) is 1.50. The largest absolute Gasteiger partial charge is 0.494 e. The van der Waals surface area contributed by atoms with Crippen LogP contribution in [-0.4, -0.2) is 49.1 Å². The second kappa shape index (κ2) is 2.89. The van der Waals surface area contributed by atoms with Crippen LogP contribution in [0.1, 0.15) is 13.3 Å². The molecule has 1 aliphatic carbocycles. The number of fused-ring (bicyclic) bond motifs is 2. The minimum absolute atomic E-state index is 0.611. The summed E-state index contributed by atoms with van der Waals surface area (Å²) in [5.74, 6) is 1.96. The van der Waals surface area contributed by atoms with E-state index >= 15 is 0 Å². The molecule has 0 aromatic rings. The van der Waals surface area contributed by atoms with Crippen LogP contribution >= 0.6 is 0 Å². The van der Waals surface area contributed by atoms with Gasteiger partial charge in [0.05, 0.1) is 11.7 Å². The Kier molecular flexibility index (Phi) is 1.78. The van der Waals surface area contributed by atoms with Crippen molar-refractivity contribution in [3.8, 4) is 0 Å². The van der Waals surface area contributed by atoms with E-state index in [4.69, 9.17) is 4.74 Å². The topological polar surface area (TPSA) is 15.7 Å². The summed E-state index contributed by atoms with van der Waals surface area (Å²) < 4.78 is 5.82. The molecule has 0 aromatic heterocycles. The van der Waals surface area contributed by atoms with Crippen LogP contribution in [0.3, 0.4) is 0 Å². The number of piperazine rings is 1. The first-order valence-corrected chi connectivity index (χ1v) is 5.56. The molecule has 3 rings (SSSR count). The molecule has 1 fully saturated rings. The number of ether oxygens (including phenoxy) is 1. The molecule has 0 amide bonds. The van der Waals surface area contributed by atoms with Gasteiger partial charge in [-0.1, -0.05) is 6.92 Å². The van der Waals surface area contributed by atoms with E-state index in [1.165, 1.54) is 31.0 Å². The maximum Gasteiger partial charge on any atom is 0.118 e. The molecule has 2 heterocycles. The zero-order valence-electron chi connectivity index (χ0n) is 8.99. The van der Waals surface area contributed by atoms with E-state index in [0.29, 0.717) is 12.0 Å². The van der Waals surface area contributed by atoms with Gasteiger partial charge < -0.3 is 14.5 Å². The molecule has 14 heavy (non-hydrogen) atoms. The molecule has 0 saturated carbocycles. The quantitative estimate of drug-likeness (QED) is 0.569. The van der Waals surface area contributed by atoms with E-state index in [1.807, 2.05) is 0 Å². The highest BCUT2D eigenvalue weighted by molar-refractivity contribution is 5.25. The molecular formula is C11H18N2O. The number of hydrogen-bond acceptors (Lipinski definition) is 3. The first-order valence-electron chi connectivity index (χ1n) is 5.56. The van der Waals surface area contributed by atoms with E-state index in [9.17, 15) is 0 Å². The molecule has 78 valence electrons. The molecule has 1 saturated heterocycles. The predicted octanol–water partition coefficient (Wildman–Crippen LogP) is 0.884. The van der Waals surface area contributed by atoms with E-state index in [1.54, 1.807) is 0 Å². The predicted molar refractivity (Wildman–Crippen MR) is 54.8 cm³/mol. The van der Waals surface area contributed by atoms with Gasteiger partial charge in [-0.05, 0) is 7.05 Å². The Balaban J connectivity index is 1.82. The second-order valence-corrected chi connectivity index (χ2v) is 4.84. The molecule has 0 bridgehead atoms. The SMILES string of the molecule is CC1CC2=C1OCC1CN(C)CCN21. The lowest BCUT2D eigenvalue weighted by atomic mass is 9.87. The van der Waals surface area contributed by atoms with Crippen molar-refractivity contribution < 1.29 is 4.74 Å². The van der Waals surface area contributed by atoms with Gasteiger partial charge in [0.2, 0.25) is 0 Å². The maximum absolute atomic E-state index is 5.82. The van der Waals surface area contributed by atoms with Crippen LogP contribution in [0.25, 0.3) is 0 Å². The Hall–Kier alpha value is -0.700. The van der Waals surface area contributed by atoms with Gasteiger partial charge in [-0.3, -0.25) is 0 Å². The fourth-order valence-corrected chi connectivity index (χ4v) is 2.82. The van der Waals surface area contributed by atoms with Crippen LogP contribution in [0.15, 0.2) is 11.5 Å². The lowest BCUT2D eigenvalue weighted by molar-refractivity contribution is -0.00792. The lowest BCUT2D eigenvalue weighted by Gasteiger charge is -2.50. The highest BCUT2D eigenvalue weighted by atomic mass is 16.5. The zero-order chi connectivity index (χ0) is 9.71. The highest BCUT2D eigenvalue weighted by Gasteiger charge is 2.40. The van der Waals surface area contributed by atoms with Gasteiger partial charge in [-0.2, -0.15) is 0 Å². The fourth-order valence-electron chi connectivity index (χ4n) is 2.82. The average molecular weight is 194 g/mol. The molecule has 3 aliphatic rings. The van der Waals surface area contributed by atoms with E-state index < -0.39 is 0 Å². The third-order valence-corrected chi connectivity index (χ3v) is 3.70. The molecule has 0 spiro atoms. The Labute approximate surface area is 85.3 Å². The Bertz CT molecular complexity index is 287. The number of rotatable bonds is 0. The monoisotopic (exact) mass is 194 g/mol. The van der Waals surface area contributed by atoms with Gasteiger partial charge in [-0.25, -0.2) is 0 Å². The Morgan fingerprint density at radius 1 is 1.36 bits per heavy atom. The smallest absolute Gasteiger partial charge is 0.118 e. The Morgan fingerprint density at radius 2 is 2.21 bits per heavy atom. The number of allylic oxidation sites excluding steroid dienone is 2. The lowest BCUT2D eigenvalue weighted by Crippen LogP contribution is -2.57. The summed E-state index contributed by atoms with van der Waals surface area (Å²) in [6, 6.07) is 0.611. The van der Waals surface area contributed by atoms with Crippen LogP contribution in [-0.2, 0) is 4.74 Å². The van der Waals surface area contributed by atoms with Crippen LogP contribution in [0.5, 0.6) is 0 Å². The third-order valence-electron chi connectivity index (χ3n) is 3.70. The van der Waals surface area contributed by atoms with Crippen molar-refractivity contribution >= 4 is 0 Å². The summed E-state index contributed by atoms with van der Waals surface area (Å²) in [6.07, 6.45) is 1.23. The first-order chi connectivity index (χ1) is 6.75. The molecule has 3 nitrogen and oxygen atoms in total. The fraction of sp³-hybridized carbons (Fsp3) is 0.818. The maximum atomic E-state index is 5.82. The minimum atomic E-state index is 0.611. The van der Waals surface area contributed by atoms with Crippen LogP contribution in [0.2, 0.25) is 0 Å². The standard InChI is InChI=1S/C11H18N2O/c1-8-5-10-11(8)14-7-9-6-12(2)3-4-13(9)10/h8-9H,3-7H2,1-2H3. The van der Waals surface area contributed by atoms with Gasteiger partial charge in [0.25, 0.3) is 0 Å². The first kappa shape index (κ1) is 8.60. The van der Waals surface area contributed by atoms with Gasteiger partial charge in [-0.15, -0.1) is 0 Å². The Morgan fingerprint density at radius 3 is 3.00 bits per heavy atom. The minimum Gasteiger partial charge on any atom is -0.494 e. The normalized spacial score (nSPS) is 37.1. The van der Waals surface area contributed by atoms with Gasteiger partial charge in [0.15, 0.2) is 0 Å². The van der Waals surface area contributed by atoms with Crippen molar-refractivity contribution in [3.63, 3.8) is 0 Å². The van der Waals surface area contributed by atoms with Crippen molar-refractivity contribution in [2.45, 2.75) is 19.4 Å². The molecule has 2 unspecified atom stereocenters. The highest BCUT2D eigenvalue weighted by Crippen LogP contribution is 2.41. The summed E-state index contributed by atoms with van der Waals surface area (Å²) >= 11 is 0. The molecule has 0 radical (unpaired) electrons. The third kappa shape index (κ3) is 1.08. The second-order valence-electron chi connectivity index (χ2n) is 4.84. The summed E-state index contributed by atoms with van der Waals surface area (Å²) in [6.45, 7) is 6.70. The van der Waals surface area contributed by atoms with Crippen molar-refractivity contribution in [2.75, 3.05) is 33.3 Å². The summed E-state index contributed by atoms with van der Waals surface area (Å²) in [5, 5.41) is 0. The number of hydrogen-bond donors (Lipinski definition) is 0. The van der Waals surface area contributed by atoms with Crippen molar-refractivity contribution in [2.24, 2.45) is 5.92 Å². The van der Waals surface area contributed by atoms with Crippen LogP contribution in [0, 0.1) is 5.92 Å². The molecular weight excluding hydrogens is 176 g/mol. The van der Waals surface area contributed by atoms with Crippen molar-refractivity contribution in [1.82, 2.24) is 9.80 Å². The van der Waals surface area contributed by atoms with Crippen molar-refractivity contribution in [3.05, 3.63) is 11.5 Å². The average Bonchev–Trinajstić information content (AvgIpc) is 2.15. The van der Waals surface area contributed by atoms with Gasteiger partial charge >= 0.3 is 0 Å². The molecule has 0 N–H and O–H groups in total. The number of nitrogens with zero attached hydrogens (tertiary/aromatic N) is 2. The van der Waals surface area contributed by atoms with E-state index in [2.05, 4.69) is 23.8 Å². The van der Waals surface area contributed by atoms with Crippen LogP contribution in [0.4, 0.5) is 0 Å². The van der Waals surface area contributed by atoms with Gasteiger partial charge in [0, 0.05) is 32.0 Å². The molecule has 0 aromatic carbocycles. The molecule has 2 atom stereocenters. The zero-order valence-corrected chi connectivity index (χ0v) is 8.99. The summed E-state index contributed by atoms with van der Waals surface area (Å²) in [7, 11) is 2.20. The van der Waals surface area contributed by atoms with Crippen molar-refractivity contribution in [1.29, 1.82) is 0 Å². The van der Waals surface area contributed by atoms with E-state index in [-0.39, 0.29) is 0 Å². The van der Waals surface area contributed by atoms with E-state index in [0.717, 1.165) is 13.2 Å². The summed E-state index contributed by atoms with van der Waals surface area (Å²) in [4.78, 5) is 4.98.